The molecule has 1 aromatic carbocycles. The molecule has 0 aromatic heterocycles. The zero-order valence-corrected chi connectivity index (χ0v) is 12.4. The lowest BCUT2D eigenvalue weighted by Gasteiger charge is -1.93. The van der Waals surface area contributed by atoms with Gasteiger partial charge < -0.3 is 16.0 Å². The van der Waals surface area contributed by atoms with E-state index in [0.29, 0.717) is 4.90 Å². The zero-order valence-electron chi connectivity index (χ0n) is 11.6. The second-order valence-electron chi connectivity index (χ2n) is 3.61. The predicted octanol–water partition coefficient (Wildman–Crippen LogP) is 2.29. The standard InChI is InChI=1S/C7H8O2S.C4H11N.C2H7N/c1-6-2-4-7(5-3-6)10(8)9;1-2-3-4-5;1-2-3/h2-5H,1H3,(H,8,9);2-5H2,1H3;2-3H2,1H3. The van der Waals surface area contributed by atoms with Crippen molar-refractivity contribution < 1.29 is 8.76 Å². The molecule has 0 amide bonds. The summed E-state index contributed by atoms with van der Waals surface area (Å²) in [4.78, 5) is 0.450. The molecule has 1 atom stereocenters. The Morgan fingerprint density at radius 3 is 1.83 bits per heavy atom. The van der Waals surface area contributed by atoms with Crippen molar-refractivity contribution in [2.24, 2.45) is 11.5 Å². The van der Waals surface area contributed by atoms with Crippen LogP contribution in [0.2, 0.25) is 0 Å². The van der Waals surface area contributed by atoms with E-state index >= 15 is 0 Å². The highest BCUT2D eigenvalue weighted by molar-refractivity contribution is 7.79. The molecular formula is C13H26N2O2S. The fourth-order valence-corrected chi connectivity index (χ4v) is 1.23. The molecule has 0 fully saturated rings. The van der Waals surface area contributed by atoms with Gasteiger partial charge in [0.2, 0.25) is 0 Å². The molecule has 0 aliphatic rings. The number of unbranched alkanes of at least 4 members (excludes halogenated alkanes) is 1. The van der Waals surface area contributed by atoms with E-state index < -0.39 is 11.1 Å². The van der Waals surface area contributed by atoms with Gasteiger partial charge in [-0.05, 0) is 38.6 Å². The first-order chi connectivity index (χ1) is 8.53. The van der Waals surface area contributed by atoms with Gasteiger partial charge in [-0.3, -0.25) is 0 Å². The normalized spacial score (nSPS) is 10.6. The molecule has 0 aliphatic carbocycles. The van der Waals surface area contributed by atoms with Crippen LogP contribution in [-0.4, -0.2) is 21.9 Å². The second-order valence-corrected chi connectivity index (χ2v) is 4.58. The molecule has 0 aliphatic heterocycles. The molecule has 0 spiro atoms. The van der Waals surface area contributed by atoms with Crippen LogP contribution < -0.4 is 11.5 Å². The fourth-order valence-electron chi connectivity index (χ4n) is 0.859. The maximum Gasteiger partial charge on any atom is 0.186 e. The highest BCUT2D eigenvalue weighted by Gasteiger charge is 1.95. The van der Waals surface area contributed by atoms with Crippen LogP contribution in [0.15, 0.2) is 29.2 Å². The summed E-state index contributed by atoms with van der Waals surface area (Å²) >= 11 is -1.84. The number of rotatable bonds is 3. The third kappa shape index (κ3) is 13.3. The van der Waals surface area contributed by atoms with Crippen molar-refractivity contribution in [2.45, 2.75) is 38.5 Å². The molecule has 5 heteroatoms. The lowest BCUT2D eigenvalue weighted by Crippen LogP contribution is -1.95. The number of aryl methyl sites for hydroxylation is 1. The van der Waals surface area contributed by atoms with Crippen molar-refractivity contribution in [3.63, 3.8) is 0 Å². The van der Waals surface area contributed by atoms with E-state index in [0.717, 1.165) is 18.7 Å². The number of hydrogen-bond donors (Lipinski definition) is 3. The zero-order chi connectivity index (χ0) is 14.4. The largest absolute Gasteiger partial charge is 0.331 e. The minimum absolute atomic E-state index is 0.450. The van der Waals surface area contributed by atoms with Crippen LogP contribution in [0.3, 0.4) is 0 Å². The van der Waals surface area contributed by atoms with Gasteiger partial charge in [0.15, 0.2) is 11.1 Å². The van der Waals surface area contributed by atoms with Gasteiger partial charge in [-0.2, -0.15) is 0 Å². The average molecular weight is 274 g/mol. The van der Waals surface area contributed by atoms with Crippen LogP contribution in [0.4, 0.5) is 0 Å². The molecule has 0 heterocycles. The van der Waals surface area contributed by atoms with Gasteiger partial charge in [-0.15, -0.1) is 0 Å². The van der Waals surface area contributed by atoms with Crippen molar-refractivity contribution in [3.05, 3.63) is 29.8 Å². The van der Waals surface area contributed by atoms with Crippen LogP contribution in [0, 0.1) is 6.92 Å². The first kappa shape index (κ1) is 19.6. The molecule has 4 nitrogen and oxygen atoms in total. The van der Waals surface area contributed by atoms with Gasteiger partial charge in [0, 0.05) is 0 Å². The Bertz CT molecular complexity index is 300. The first-order valence-electron chi connectivity index (χ1n) is 6.11. The monoisotopic (exact) mass is 274 g/mol. The summed E-state index contributed by atoms with van der Waals surface area (Å²) < 4.78 is 19.0. The number of hydrogen-bond acceptors (Lipinski definition) is 3. The van der Waals surface area contributed by atoms with Crippen LogP contribution in [0.25, 0.3) is 0 Å². The van der Waals surface area contributed by atoms with Gasteiger partial charge in [0.25, 0.3) is 0 Å². The molecular weight excluding hydrogens is 248 g/mol. The highest BCUT2D eigenvalue weighted by Crippen LogP contribution is 2.05. The Balaban J connectivity index is 0. The highest BCUT2D eigenvalue weighted by atomic mass is 32.2. The van der Waals surface area contributed by atoms with Crippen molar-refractivity contribution in [2.75, 3.05) is 13.1 Å². The van der Waals surface area contributed by atoms with E-state index in [-0.39, 0.29) is 0 Å². The van der Waals surface area contributed by atoms with E-state index in [1.54, 1.807) is 12.1 Å². The molecule has 1 unspecified atom stereocenters. The SMILES string of the molecule is CCCCN.CCN.Cc1ccc(S(=O)O)cc1. The van der Waals surface area contributed by atoms with Gasteiger partial charge >= 0.3 is 0 Å². The Kier molecular flexibility index (Phi) is 15.6. The first-order valence-corrected chi connectivity index (χ1v) is 7.21. The van der Waals surface area contributed by atoms with Crippen molar-refractivity contribution in [1.29, 1.82) is 0 Å². The van der Waals surface area contributed by atoms with Crippen LogP contribution in [0.5, 0.6) is 0 Å². The minimum Gasteiger partial charge on any atom is -0.331 e. The minimum atomic E-state index is -1.84. The lowest BCUT2D eigenvalue weighted by atomic mass is 10.2. The summed E-state index contributed by atoms with van der Waals surface area (Å²) in [6, 6.07) is 6.91. The third-order valence-electron chi connectivity index (χ3n) is 1.78. The summed E-state index contributed by atoms with van der Waals surface area (Å²) in [5.74, 6) is 0. The van der Waals surface area contributed by atoms with Gasteiger partial charge in [-0.25, -0.2) is 4.21 Å². The summed E-state index contributed by atoms with van der Waals surface area (Å²) in [7, 11) is 0. The van der Waals surface area contributed by atoms with Crippen LogP contribution in [0.1, 0.15) is 32.3 Å². The van der Waals surface area contributed by atoms with E-state index in [4.69, 9.17) is 16.0 Å². The fraction of sp³-hybridized carbons (Fsp3) is 0.538. The molecule has 18 heavy (non-hydrogen) atoms. The van der Waals surface area contributed by atoms with Crippen molar-refractivity contribution in [1.82, 2.24) is 0 Å². The van der Waals surface area contributed by atoms with E-state index in [1.807, 2.05) is 26.0 Å². The van der Waals surface area contributed by atoms with E-state index in [1.165, 1.54) is 12.8 Å². The third-order valence-corrected chi connectivity index (χ3v) is 2.46. The van der Waals surface area contributed by atoms with Crippen LogP contribution >= 0.6 is 0 Å². The molecule has 0 saturated heterocycles. The number of nitrogens with two attached hydrogens (primary N) is 2. The van der Waals surface area contributed by atoms with Crippen molar-refractivity contribution in [3.8, 4) is 0 Å². The molecule has 1 aromatic rings. The lowest BCUT2D eigenvalue weighted by molar-refractivity contribution is 0.564. The summed E-state index contributed by atoms with van der Waals surface area (Å²) in [5.41, 5.74) is 11.1. The second kappa shape index (κ2) is 14.3. The Labute approximate surface area is 113 Å². The van der Waals surface area contributed by atoms with Gasteiger partial charge in [-0.1, -0.05) is 38.0 Å². The average Bonchev–Trinajstić information content (AvgIpc) is 2.32. The molecule has 0 saturated carbocycles. The van der Waals surface area contributed by atoms with Crippen LogP contribution in [-0.2, 0) is 11.1 Å². The van der Waals surface area contributed by atoms with E-state index in [2.05, 4.69) is 6.92 Å². The molecule has 0 radical (unpaired) electrons. The van der Waals surface area contributed by atoms with Crippen molar-refractivity contribution >= 4 is 11.1 Å². The van der Waals surface area contributed by atoms with Gasteiger partial charge in [0.05, 0.1) is 4.90 Å². The Morgan fingerprint density at radius 1 is 1.17 bits per heavy atom. The van der Waals surface area contributed by atoms with E-state index in [9.17, 15) is 4.21 Å². The predicted molar refractivity (Wildman–Crippen MR) is 78.9 cm³/mol. The summed E-state index contributed by atoms with van der Waals surface area (Å²) in [5, 5.41) is 0. The molecule has 0 bridgehead atoms. The van der Waals surface area contributed by atoms with Gasteiger partial charge in [0.1, 0.15) is 0 Å². The smallest absolute Gasteiger partial charge is 0.186 e. The summed E-state index contributed by atoms with van der Waals surface area (Å²) in [6.45, 7) is 7.56. The molecule has 106 valence electrons. The quantitative estimate of drug-likeness (QED) is 0.738. The maximum absolute atomic E-state index is 10.4. The Hall–Kier alpha value is -0.750. The molecule has 1 rings (SSSR count). The Morgan fingerprint density at radius 2 is 1.61 bits per heavy atom. The number of benzene rings is 1. The summed E-state index contributed by atoms with van der Waals surface area (Å²) in [6.07, 6.45) is 2.39. The maximum atomic E-state index is 10.4. The molecule has 5 N–H and O–H groups in total. The topological polar surface area (TPSA) is 89.3 Å².